The van der Waals surface area contributed by atoms with Gasteiger partial charge in [-0.1, -0.05) is 0 Å². The van der Waals surface area contributed by atoms with Crippen LogP contribution < -0.4 is 5.32 Å². The minimum Gasteiger partial charge on any atom is -0.469 e. The normalized spacial score (nSPS) is 14.9. The SMILES string of the molecule is CC(Cc1ccco1)NC(C)c1cn[nH]c1. The lowest BCUT2D eigenvalue weighted by Crippen LogP contribution is -2.30. The number of aromatic nitrogens is 2. The minimum absolute atomic E-state index is 0.295. The van der Waals surface area contributed by atoms with Gasteiger partial charge in [0, 0.05) is 30.3 Å². The van der Waals surface area contributed by atoms with Crippen LogP contribution in [0.5, 0.6) is 0 Å². The summed E-state index contributed by atoms with van der Waals surface area (Å²) >= 11 is 0. The molecule has 0 saturated carbocycles. The molecule has 4 nitrogen and oxygen atoms in total. The van der Waals surface area contributed by atoms with E-state index in [0.717, 1.165) is 12.2 Å². The molecule has 2 aromatic rings. The van der Waals surface area contributed by atoms with Crippen LogP contribution in [0.25, 0.3) is 0 Å². The number of nitrogens with zero attached hydrogens (tertiary/aromatic N) is 1. The molecule has 0 aliphatic rings. The van der Waals surface area contributed by atoms with Crippen molar-refractivity contribution in [2.75, 3.05) is 0 Å². The summed E-state index contributed by atoms with van der Waals surface area (Å²) in [5.74, 6) is 1.01. The maximum atomic E-state index is 5.32. The second kappa shape index (κ2) is 4.99. The molecule has 2 heterocycles. The molecule has 2 atom stereocenters. The Morgan fingerprint density at radius 2 is 2.38 bits per heavy atom. The third-order valence-corrected chi connectivity index (χ3v) is 2.64. The van der Waals surface area contributed by atoms with E-state index in [1.54, 1.807) is 6.26 Å². The Balaban J connectivity index is 1.85. The van der Waals surface area contributed by atoms with E-state index in [1.165, 1.54) is 5.56 Å². The quantitative estimate of drug-likeness (QED) is 0.811. The average Bonchev–Trinajstić information content (AvgIpc) is 2.88. The Hall–Kier alpha value is -1.55. The van der Waals surface area contributed by atoms with Gasteiger partial charge in [0.2, 0.25) is 0 Å². The lowest BCUT2D eigenvalue weighted by Gasteiger charge is -2.18. The van der Waals surface area contributed by atoms with Crippen molar-refractivity contribution in [2.24, 2.45) is 0 Å². The summed E-state index contributed by atoms with van der Waals surface area (Å²) in [5, 5.41) is 10.3. The number of rotatable bonds is 5. The van der Waals surface area contributed by atoms with E-state index in [1.807, 2.05) is 24.5 Å². The molecule has 0 amide bonds. The molecule has 16 heavy (non-hydrogen) atoms. The van der Waals surface area contributed by atoms with E-state index >= 15 is 0 Å². The molecular weight excluding hydrogens is 202 g/mol. The molecule has 0 fully saturated rings. The van der Waals surface area contributed by atoms with Gasteiger partial charge in [0.15, 0.2) is 0 Å². The highest BCUT2D eigenvalue weighted by Gasteiger charge is 2.11. The number of furan rings is 1. The third kappa shape index (κ3) is 2.73. The Bertz CT molecular complexity index is 394. The molecule has 2 aromatic heterocycles. The fraction of sp³-hybridized carbons (Fsp3) is 0.417. The maximum Gasteiger partial charge on any atom is 0.105 e. The van der Waals surface area contributed by atoms with Crippen LogP contribution in [-0.4, -0.2) is 16.2 Å². The summed E-state index contributed by atoms with van der Waals surface area (Å²) in [6.45, 7) is 4.28. The van der Waals surface area contributed by atoms with Gasteiger partial charge in [0.05, 0.1) is 12.5 Å². The lowest BCUT2D eigenvalue weighted by molar-refractivity contribution is 0.429. The highest BCUT2D eigenvalue weighted by molar-refractivity contribution is 5.08. The first-order valence-electron chi connectivity index (χ1n) is 5.53. The van der Waals surface area contributed by atoms with Crippen molar-refractivity contribution < 1.29 is 4.42 Å². The summed E-state index contributed by atoms with van der Waals surface area (Å²) < 4.78 is 5.32. The van der Waals surface area contributed by atoms with Crippen LogP contribution in [-0.2, 0) is 6.42 Å². The fourth-order valence-corrected chi connectivity index (χ4v) is 1.81. The van der Waals surface area contributed by atoms with Crippen molar-refractivity contribution in [1.82, 2.24) is 15.5 Å². The van der Waals surface area contributed by atoms with Gasteiger partial charge >= 0.3 is 0 Å². The molecule has 0 radical (unpaired) electrons. The van der Waals surface area contributed by atoms with Crippen LogP contribution in [0.4, 0.5) is 0 Å². The number of hydrogen-bond donors (Lipinski definition) is 2. The van der Waals surface area contributed by atoms with E-state index in [2.05, 4.69) is 29.4 Å². The number of H-pyrrole nitrogens is 1. The van der Waals surface area contributed by atoms with Crippen molar-refractivity contribution in [1.29, 1.82) is 0 Å². The van der Waals surface area contributed by atoms with Gasteiger partial charge in [0.1, 0.15) is 5.76 Å². The van der Waals surface area contributed by atoms with Crippen LogP contribution in [0.15, 0.2) is 35.2 Å². The van der Waals surface area contributed by atoms with E-state index in [0.29, 0.717) is 12.1 Å². The predicted octanol–water partition coefficient (Wildman–Crippen LogP) is 2.28. The van der Waals surface area contributed by atoms with Gasteiger partial charge in [-0.05, 0) is 26.0 Å². The third-order valence-electron chi connectivity index (χ3n) is 2.64. The highest BCUT2D eigenvalue weighted by Crippen LogP contribution is 2.12. The standard InChI is InChI=1S/C12H17N3O/c1-9(6-12-4-3-5-16-12)15-10(2)11-7-13-14-8-11/h3-5,7-10,15H,6H2,1-2H3,(H,13,14). The van der Waals surface area contributed by atoms with Gasteiger partial charge in [-0.3, -0.25) is 5.10 Å². The van der Waals surface area contributed by atoms with Crippen LogP contribution in [0.3, 0.4) is 0 Å². The molecule has 2 rings (SSSR count). The van der Waals surface area contributed by atoms with Crippen LogP contribution in [0.1, 0.15) is 31.2 Å². The monoisotopic (exact) mass is 219 g/mol. The maximum absolute atomic E-state index is 5.32. The molecule has 4 heteroatoms. The first kappa shape index (κ1) is 11.0. The molecule has 2 unspecified atom stereocenters. The molecule has 0 spiro atoms. The fourth-order valence-electron chi connectivity index (χ4n) is 1.81. The smallest absolute Gasteiger partial charge is 0.105 e. The Labute approximate surface area is 95.1 Å². The van der Waals surface area contributed by atoms with Crippen LogP contribution in [0, 0.1) is 0 Å². The molecule has 0 saturated heterocycles. The summed E-state index contributed by atoms with van der Waals surface area (Å²) in [6, 6.07) is 4.59. The predicted molar refractivity (Wildman–Crippen MR) is 62.0 cm³/mol. The van der Waals surface area contributed by atoms with Gasteiger partial charge in [-0.15, -0.1) is 0 Å². The van der Waals surface area contributed by atoms with Gasteiger partial charge < -0.3 is 9.73 Å². The highest BCUT2D eigenvalue weighted by atomic mass is 16.3. The molecule has 2 N–H and O–H groups in total. The zero-order valence-electron chi connectivity index (χ0n) is 9.60. The summed E-state index contributed by atoms with van der Waals surface area (Å²) in [6.07, 6.45) is 6.37. The summed E-state index contributed by atoms with van der Waals surface area (Å²) in [4.78, 5) is 0. The van der Waals surface area contributed by atoms with Crippen LogP contribution >= 0.6 is 0 Å². The molecular formula is C12H17N3O. The molecule has 86 valence electrons. The largest absolute Gasteiger partial charge is 0.469 e. The Morgan fingerprint density at radius 1 is 1.50 bits per heavy atom. The van der Waals surface area contributed by atoms with Gasteiger partial charge in [-0.2, -0.15) is 5.10 Å². The molecule has 0 aliphatic carbocycles. The van der Waals surface area contributed by atoms with Crippen molar-refractivity contribution in [2.45, 2.75) is 32.4 Å². The molecule has 0 aromatic carbocycles. The molecule has 0 bridgehead atoms. The van der Waals surface area contributed by atoms with Crippen molar-refractivity contribution in [3.8, 4) is 0 Å². The van der Waals surface area contributed by atoms with E-state index in [9.17, 15) is 0 Å². The number of hydrogen-bond acceptors (Lipinski definition) is 3. The summed E-state index contributed by atoms with van der Waals surface area (Å²) in [7, 11) is 0. The summed E-state index contributed by atoms with van der Waals surface area (Å²) in [5.41, 5.74) is 1.17. The van der Waals surface area contributed by atoms with Gasteiger partial charge in [0.25, 0.3) is 0 Å². The second-order valence-electron chi connectivity index (χ2n) is 4.10. The number of nitrogens with one attached hydrogen (secondary N) is 2. The van der Waals surface area contributed by atoms with E-state index in [4.69, 9.17) is 4.42 Å². The first-order chi connectivity index (χ1) is 7.75. The van der Waals surface area contributed by atoms with Crippen molar-refractivity contribution in [3.05, 3.63) is 42.1 Å². The lowest BCUT2D eigenvalue weighted by atomic mass is 10.1. The Morgan fingerprint density at radius 3 is 3.00 bits per heavy atom. The van der Waals surface area contributed by atoms with Gasteiger partial charge in [-0.25, -0.2) is 0 Å². The van der Waals surface area contributed by atoms with E-state index in [-0.39, 0.29) is 0 Å². The topological polar surface area (TPSA) is 53.9 Å². The zero-order valence-corrected chi connectivity index (χ0v) is 9.60. The van der Waals surface area contributed by atoms with E-state index < -0.39 is 0 Å². The number of aromatic amines is 1. The Kier molecular flexibility index (Phi) is 3.41. The van der Waals surface area contributed by atoms with Crippen molar-refractivity contribution >= 4 is 0 Å². The molecule has 0 aliphatic heterocycles. The van der Waals surface area contributed by atoms with Crippen LogP contribution in [0.2, 0.25) is 0 Å². The average molecular weight is 219 g/mol. The second-order valence-corrected chi connectivity index (χ2v) is 4.10. The first-order valence-corrected chi connectivity index (χ1v) is 5.53. The zero-order chi connectivity index (χ0) is 11.4. The van der Waals surface area contributed by atoms with Crippen molar-refractivity contribution in [3.63, 3.8) is 0 Å². The minimum atomic E-state index is 0.295.